The highest BCUT2D eigenvalue weighted by Crippen LogP contribution is 2.34. The number of hydrogen-bond acceptors (Lipinski definition) is 5. The lowest BCUT2D eigenvalue weighted by Crippen LogP contribution is -2.46. The summed E-state index contributed by atoms with van der Waals surface area (Å²) in [5.41, 5.74) is 3.25. The zero-order chi connectivity index (χ0) is 24.9. The van der Waals surface area contributed by atoms with Crippen LogP contribution < -0.4 is 10.6 Å². The number of furan rings is 1. The fourth-order valence-electron chi connectivity index (χ4n) is 3.95. The molecule has 2 aromatic carbocycles. The first kappa shape index (κ1) is 24.1. The third kappa shape index (κ3) is 5.71. The van der Waals surface area contributed by atoms with Crippen LogP contribution in [-0.2, 0) is 27.4 Å². The Kier molecular flexibility index (Phi) is 7.19. The number of carbonyl (C=O) groups excluding carboxylic acids is 3. The summed E-state index contributed by atoms with van der Waals surface area (Å²) in [4.78, 5) is 39.7. The summed E-state index contributed by atoms with van der Waals surface area (Å²) >= 11 is 0. The van der Waals surface area contributed by atoms with Crippen LogP contribution in [0, 0.1) is 12.8 Å². The van der Waals surface area contributed by atoms with Crippen LogP contribution in [0.25, 0.3) is 0 Å². The zero-order valence-corrected chi connectivity index (χ0v) is 20.0. The average molecular weight is 476 g/mol. The predicted molar refractivity (Wildman–Crippen MR) is 130 cm³/mol. The number of hydrogen-bond donors (Lipinski definition) is 2. The van der Waals surface area contributed by atoms with E-state index in [9.17, 15) is 14.4 Å². The molecule has 1 aliphatic rings. The molecule has 1 aromatic heterocycles. The minimum atomic E-state index is -0.880. The highest BCUT2D eigenvalue weighted by atomic mass is 16.6. The van der Waals surface area contributed by atoms with Gasteiger partial charge in [0.05, 0.1) is 19.4 Å². The minimum absolute atomic E-state index is 0.0930. The lowest BCUT2D eigenvalue weighted by molar-refractivity contribution is -0.126. The Balaban J connectivity index is 1.58. The number of anilines is 1. The van der Waals surface area contributed by atoms with E-state index in [2.05, 4.69) is 10.6 Å². The number of aryl methyl sites for hydroxylation is 1. The molecule has 8 heteroatoms. The minimum Gasteiger partial charge on any atom is -0.467 e. The van der Waals surface area contributed by atoms with Crippen molar-refractivity contribution in [1.82, 2.24) is 10.2 Å². The van der Waals surface area contributed by atoms with Crippen LogP contribution in [0.1, 0.15) is 42.4 Å². The van der Waals surface area contributed by atoms with Crippen molar-refractivity contribution >= 4 is 23.6 Å². The molecule has 35 heavy (non-hydrogen) atoms. The van der Waals surface area contributed by atoms with Gasteiger partial charge in [-0.1, -0.05) is 55.8 Å². The number of nitrogens with zero attached hydrogens (tertiary/aromatic N) is 1. The maximum absolute atomic E-state index is 13.3. The van der Waals surface area contributed by atoms with E-state index >= 15 is 0 Å². The van der Waals surface area contributed by atoms with Gasteiger partial charge in [0.2, 0.25) is 11.8 Å². The van der Waals surface area contributed by atoms with Crippen molar-refractivity contribution in [2.24, 2.45) is 5.92 Å². The van der Waals surface area contributed by atoms with E-state index in [0.29, 0.717) is 17.0 Å². The normalized spacial score (nSPS) is 17.4. The molecular formula is C27H29N3O5. The van der Waals surface area contributed by atoms with Gasteiger partial charge in [-0.05, 0) is 42.3 Å². The van der Waals surface area contributed by atoms with Gasteiger partial charge in [-0.2, -0.15) is 0 Å². The highest BCUT2D eigenvalue weighted by Gasteiger charge is 2.47. The van der Waals surface area contributed by atoms with Gasteiger partial charge in [0.15, 0.2) is 12.1 Å². The number of cyclic esters (lactones) is 1. The Morgan fingerprint density at radius 3 is 2.49 bits per heavy atom. The second-order valence-electron chi connectivity index (χ2n) is 8.93. The van der Waals surface area contributed by atoms with Crippen LogP contribution in [0.4, 0.5) is 10.5 Å². The Labute approximate surface area is 204 Å². The lowest BCUT2D eigenvalue weighted by atomic mass is 10.00. The van der Waals surface area contributed by atoms with Crippen LogP contribution in [0.2, 0.25) is 0 Å². The smallest absolute Gasteiger partial charge is 0.411 e. The number of rotatable bonds is 8. The molecule has 1 fully saturated rings. The first-order valence-electron chi connectivity index (χ1n) is 11.6. The molecule has 8 nitrogen and oxygen atoms in total. The van der Waals surface area contributed by atoms with Crippen LogP contribution >= 0.6 is 0 Å². The summed E-state index contributed by atoms with van der Waals surface area (Å²) in [6.07, 6.45) is 0.168. The van der Waals surface area contributed by atoms with Gasteiger partial charge in [0, 0.05) is 11.6 Å². The van der Waals surface area contributed by atoms with Gasteiger partial charge in [0.1, 0.15) is 5.76 Å². The Hall–Kier alpha value is -4.07. The van der Waals surface area contributed by atoms with E-state index in [4.69, 9.17) is 9.15 Å². The number of nitrogens with one attached hydrogen (secondary N) is 2. The van der Waals surface area contributed by atoms with Gasteiger partial charge in [0.25, 0.3) is 0 Å². The van der Waals surface area contributed by atoms with Gasteiger partial charge in [-0.25, -0.2) is 4.79 Å². The second-order valence-corrected chi connectivity index (χ2v) is 8.93. The van der Waals surface area contributed by atoms with Crippen molar-refractivity contribution < 1.29 is 23.5 Å². The summed E-state index contributed by atoms with van der Waals surface area (Å²) in [6.45, 7) is 6.04. The number of ether oxygens (including phenoxy) is 1. The van der Waals surface area contributed by atoms with Crippen LogP contribution in [-0.4, -0.2) is 28.8 Å². The molecular weight excluding hydrogens is 446 g/mol. The second kappa shape index (κ2) is 10.5. The van der Waals surface area contributed by atoms with Crippen molar-refractivity contribution in [3.63, 3.8) is 0 Å². The number of carbonyl (C=O) groups is 3. The van der Waals surface area contributed by atoms with Gasteiger partial charge in [-0.3, -0.25) is 14.5 Å². The van der Waals surface area contributed by atoms with Crippen molar-refractivity contribution in [2.75, 3.05) is 5.32 Å². The summed E-state index contributed by atoms with van der Waals surface area (Å²) in [5.74, 6) is 0.0187. The molecule has 0 radical (unpaired) electrons. The van der Waals surface area contributed by atoms with Crippen LogP contribution in [0.15, 0.2) is 71.3 Å². The maximum atomic E-state index is 13.3. The van der Waals surface area contributed by atoms with Gasteiger partial charge >= 0.3 is 6.09 Å². The Bertz CT molecular complexity index is 1190. The highest BCUT2D eigenvalue weighted by molar-refractivity contribution is 5.92. The van der Waals surface area contributed by atoms with Crippen LogP contribution in [0.3, 0.4) is 0 Å². The molecule has 0 aliphatic carbocycles. The summed E-state index contributed by atoms with van der Waals surface area (Å²) in [7, 11) is 0. The van der Waals surface area contributed by atoms with Gasteiger partial charge in [-0.15, -0.1) is 0 Å². The van der Waals surface area contributed by atoms with Crippen molar-refractivity contribution in [2.45, 2.75) is 46.0 Å². The van der Waals surface area contributed by atoms with E-state index in [1.54, 1.807) is 36.4 Å². The number of benzene rings is 2. The van der Waals surface area contributed by atoms with E-state index < -0.39 is 18.2 Å². The van der Waals surface area contributed by atoms with Crippen molar-refractivity contribution in [3.8, 4) is 0 Å². The maximum Gasteiger partial charge on any atom is 0.411 e. The fraction of sp³-hybridized carbons (Fsp3) is 0.296. The number of amides is 3. The first-order chi connectivity index (χ1) is 16.8. The SMILES string of the molecule is Cc1cccc(CN2C(=O)OC(c3ccc(NC(=O)C(C)C)cc3)C2C(=O)NCc2ccco2)c1. The van der Waals surface area contributed by atoms with Crippen LogP contribution in [0.5, 0.6) is 0 Å². The molecule has 0 spiro atoms. The molecule has 1 aliphatic heterocycles. The molecule has 3 amide bonds. The third-order valence-electron chi connectivity index (χ3n) is 5.84. The molecule has 4 rings (SSSR count). The molecule has 2 unspecified atom stereocenters. The summed E-state index contributed by atoms with van der Waals surface area (Å²) < 4.78 is 11.0. The molecule has 2 atom stereocenters. The summed E-state index contributed by atoms with van der Waals surface area (Å²) in [5, 5.41) is 5.70. The topological polar surface area (TPSA) is 101 Å². The largest absolute Gasteiger partial charge is 0.467 e. The predicted octanol–water partition coefficient (Wildman–Crippen LogP) is 4.56. The van der Waals surface area contributed by atoms with E-state index in [0.717, 1.165) is 11.1 Å². The Morgan fingerprint density at radius 1 is 1.06 bits per heavy atom. The Morgan fingerprint density at radius 2 is 1.83 bits per heavy atom. The average Bonchev–Trinajstić information content (AvgIpc) is 3.46. The molecule has 3 aromatic rings. The summed E-state index contributed by atoms with van der Waals surface area (Å²) in [6, 6.07) is 17.4. The molecule has 182 valence electrons. The van der Waals surface area contributed by atoms with Crippen molar-refractivity contribution in [3.05, 3.63) is 89.4 Å². The van der Waals surface area contributed by atoms with Crippen molar-refractivity contribution in [1.29, 1.82) is 0 Å². The van der Waals surface area contributed by atoms with E-state index in [1.807, 2.05) is 45.0 Å². The van der Waals surface area contributed by atoms with E-state index in [1.165, 1.54) is 11.2 Å². The third-order valence-corrected chi connectivity index (χ3v) is 5.84. The fourth-order valence-corrected chi connectivity index (χ4v) is 3.95. The quantitative estimate of drug-likeness (QED) is 0.497. The lowest BCUT2D eigenvalue weighted by Gasteiger charge is -2.24. The molecule has 2 N–H and O–H groups in total. The molecule has 0 saturated carbocycles. The molecule has 2 heterocycles. The zero-order valence-electron chi connectivity index (χ0n) is 20.0. The standard InChI is InChI=1S/C27H29N3O5/c1-17(2)25(31)29-21-11-9-20(10-12-21)24-23(26(32)28-15-22-8-5-13-34-22)30(27(33)35-24)16-19-7-4-6-18(3)14-19/h4-14,17,23-24H,15-16H2,1-3H3,(H,28,32)(H,29,31). The molecule has 1 saturated heterocycles. The monoisotopic (exact) mass is 475 g/mol. The van der Waals surface area contributed by atoms with E-state index in [-0.39, 0.29) is 30.8 Å². The first-order valence-corrected chi connectivity index (χ1v) is 11.6. The molecule has 0 bridgehead atoms. The van der Waals surface area contributed by atoms with Gasteiger partial charge < -0.3 is 19.8 Å².